The van der Waals surface area contributed by atoms with Gasteiger partial charge in [-0.3, -0.25) is 0 Å². The molecule has 0 saturated carbocycles. The summed E-state index contributed by atoms with van der Waals surface area (Å²) >= 11 is 0. The molecule has 18 heavy (non-hydrogen) atoms. The summed E-state index contributed by atoms with van der Waals surface area (Å²) in [6, 6.07) is 0. The fraction of sp³-hybridized carbons (Fsp3) is 0.923. The third-order valence-corrected chi connectivity index (χ3v) is 3.85. The van der Waals surface area contributed by atoms with Gasteiger partial charge in [0.1, 0.15) is 5.84 Å². The van der Waals surface area contributed by atoms with Crippen LogP contribution in [0.3, 0.4) is 0 Å². The van der Waals surface area contributed by atoms with E-state index in [2.05, 4.69) is 10.1 Å². The van der Waals surface area contributed by atoms with Crippen molar-refractivity contribution in [3.05, 3.63) is 0 Å². The van der Waals surface area contributed by atoms with Crippen LogP contribution in [-0.4, -0.2) is 49.3 Å². The molecule has 0 bridgehead atoms. The van der Waals surface area contributed by atoms with Gasteiger partial charge in [0.2, 0.25) is 0 Å². The lowest BCUT2D eigenvalue weighted by Gasteiger charge is -2.24. The minimum Gasteiger partial charge on any atom is -0.409 e. The molecule has 0 radical (unpaired) electrons. The van der Waals surface area contributed by atoms with E-state index in [1.807, 2.05) is 13.8 Å². The first-order valence-corrected chi connectivity index (χ1v) is 6.69. The highest BCUT2D eigenvalue weighted by molar-refractivity contribution is 5.85. The topological polar surface area (TPSA) is 71.1 Å². The van der Waals surface area contributed by atoms with Crippen LogP contribution in [-0.2, 0) is 4.74 Å². The zero-order valence-electron chi connectivity index (χ0n) is 11.9. The highest BCUT2D eigenvalue weighted by Gasteiger charge is 2.25. The Labute approximate surface area is 110 Å². The van der Waals surface area contributed by atoms with E-state index >= 15 is 0 Å². The quantitative estimate of drug-likeness (QED) is 0.314. The second-order valence-corrected chi connectivity index (χ2v) is 5.88. The number of nitrogens with two attached hydrogens (primary N) is 1. The molecule has 0 aliphatic carbocycles. The number of hydrogen-bond acceptors (Lipinski definition) is 4. The van der Waals surface area contributed by atoms with Crippen molar-refractivity contribution in [2.45, 2.75) is 33.1 Å². The standard InChI is InChI=1S/C13H27N3O2/c1-13(2,12(14)15-17)6-4-7-16-8-5-11(9-16)10-18-3/h11,17H,4-10H2,1-3H3,(H2,14,15). The maximum absolute atomic E-state index is 8.71. The summed E-state index contributed by atoms with van der Waals surface area (Å²) in [7, 11) is 1.77. The van der Waals surface area contributed by atoms with E-state index in [9.17, 15) is 0 Å². The van der Waals surface area contributed by atoms with E-state index in [1.165, 1.54) is 6.42 Å². The maximum atomic E-state index is 8.71. The number of nitrogens with zero attached hydrogens (tertiary/aromatic N) is 2. The van der Waals surface area contributed by atoms with Gasteiger partial charge < -0.3 is 20.6 Å². The Morgan fingerprint density at radius 1 is 1.56 bits per heavy atom. The Hall–Kier alpha value is -0.810. The number of rotatable bonds is 7. The molecular formula is C13H27N3O2. The first kappa shape index (κ1) is 15.2. The first-order valence-electron chi connectivity index (χ1n) is 6.69. The molecule has 106 valence electrons. The van der Waals surface area contributed by atoms with Crippen molar-refractivity contribution < 1.29 is 9.94 Å². The van der Waals surface area contributed by atoms with E-state index in [0.29, 0.717) is 11.8 Å². The van der Waals surface area contributed by atoms with Crippen molar-refractivity contribution in [2.24, 2.45) is 22.2 Å². The van der Waals surface area contributed by atoms with Crippen LogP contribution in [0.4, 0.5) is 0 Å². The molecule has 1 rings (SSSR count). The van der Waals surface area contributed by atoms with Gasteiger partial charge in [-0.05, 0) is 38.3 Å². The van der Waals surface area contributed by atoms with Crippen molar-refractivity contribution in [1.29, 1.82) is 0 Å². The Balaban J connectivity index is 2.23. The molecule has 5 nitrogen and oxygen atoms in total. The Morgan fingerprint density at radius 2 is 2.28 bits per heavy atom. The molecule has 1 saturated heterocycles. The largest absolute Gasteiger partial charge is 0.409 e. The van der Waals surface area contributed by atoms with Crippen molar-refractivity contribution in [3.8, 4) is 0 Å². The van der Waals surface area contributed by atoms with Crippen molar-refractivity contribution in [1.82, 2.24) is 4.90 Å². The van der Waals surface area contributed by atoms with Crippen LogP contribution in [0.5, 0.6) is 0 Å². The molecule has 1 unspecified atom stereocenters. The molecule has 3 N–H and O–H groups in total. The number of oxime groups is 1. The van der Waals surface area contributed by atoms with Crippen LogP contribution in [0.1, 0.15) is 33.1 Å². The average Bonchev–Trinajstić information content (AvgIpc) is 2.76. The number of amidine groups is 1. The second-order valence-electron chi connectivity index (χ2n) is 5.88. The summed E-state index contributed by atoms with van der Waals surface area (Å²) in [5.41, 5.74) is 5.45. The maximum Gasteiger partial charge on any atom is 0.144 e. The van der Waals surface area contributed by atoms with Crippen LogP contribution in [0.15, 0.2) is 5.16 Å². The molecule has 0 spiro atoms. The third-order valence-electron chi connectivity index (χ3n) is 3.85. The molecule has 0 aromatic heterocycles. The second kappa shape index (κ2) is 6.95. The summed E-state index contributed by atoms with van der Waals surface area (Å²) in [6.07, 6.45) is 3.24. The summed E-state index contributed by atoms with van der Waals surface area (Å²) in [4.78, 5) is 2.48. The zero-order chi connectivity index (χ0) is 13.6. The Morgan fingerprint density at radius 3 is 2.89 bits per heavy atom. The van der Waals surface area contributed by atoms with Gasteiger partial charge in [-0.15, -0.1) is 0 Å². The van der Waals surface area contributed by atoms with E-state index < -0.39 is 0 Å². The number of hydrogen-bond donors (Lipinski definition) is 2. The highest BCUT2D eigenvalue weighted by Crippen LogP contribution is 2.24. The summed E-state index contributed by atoms with van der Waals surface area (Å²) in [5, 5.41) is 11.8. The Bertz CT molecular complexity index is 279. The lowest BCUT2D eigenvalue weighted by molar-refractivity contribution is 0.153. The highest BCUT2D eigenvalue weighted by atomic mass is 16.5. The molecule has 5 heteroatoms. The third kappa shape index (κ3) is 4.46. The predicted molar refractivity (Wildman–Crippen MR) is 72.8 cm³/mol. The zero-order valence-corrected chi connectivity index (χ0v) is 11.9. The van der Waals surface area contributed by atoms with Gasteiger partial charge in [-0.2, -0.15) is 0 Å². The van der Waals surface area contributed by atoms with Gasteiger partial charge in [-0.1, -0.05) is 19.0 Å². The monoisotopic (exact) mass is 257 g/mol. The molecule has 1 heterocycles. The summed E-state index contributed by atoms with van der Waals surface area (Å²) in [5.74, 6) is 1.01. The molecule has 0 amide bonds. The molecule has 1 aliphatic heterocycles. The Kier molecular flexibility index (Phi) is 5.88. The lowest BCUT2D eigenvalue weighted by atomic mass is 9.86. The lowest BCUT2D eigenvalue weighted by Crippen LogP contribution is -2.33. The first-order chi connectivity index (χ1) is 8.49. The van der Waals surface area contributed by atoms with Crippen molar-refractivity contribution >= 4 is 5.84 Å². The van der Waals surface area contributed by atoms with Crippen molar-refractivity contribution in [3.63, 3.8) is 0 Å². The minimum absolute atomic E-state index is 0.222. The summed E-state index contributed by atoms with van der Waals surface area (Å²) < 4.78 is 5.19. The summed E-state index contributed by atoms with van der Waals surface area (Å²) in [6.45, 7) is 8.28. The van der Waals surface area contributed by atoms with Crippen LogP contribution >= 0.6 is 0 Å². The van der Waals surface area contributed by atoms with Gasteiger partial charge in [0.05, 0.1) is 6.61 Å². The van der Waals surface area contributed by atoms with E-state index in [4.69, 9.17) is 15.7 Å². The van der Waals surface area contributed by atoms with E-state index in [-0.39, 0.29) is 5.41 Å². The van der Waals surface area contributed by atoms with Crippen molar-refractivity contribution in [2.75, 3.05) is 33.4 Å². The predicted octanol–water partition coefficient (Wildman–Crippen LogP) is 1.51. The van der Waals surface area contributed by atoms with E-state index in [1.54, 1.807) is 7.11 Å². The number of ether oxygens (including phenoxy) is 1. The van der Waals surface area contributed by atoms with Crippen LogP contribution in [0.25, 0.3) is 0 Å². The van der Waals surface area contributed by atoms with Crippen LogP contribution in [0.2, 0.25) is 0 Å². The van der Waals surface area contributed by atoms with Gasteiger partial charge in [0, 0.05) is 19.1 Å². The average molecular weight is 257 g/mol. The molecule has 1 atom stereocenters. The fourth-order valence-corrected chi connectivity index (χ4v) is 2.50. The van der Waals surface area contributed by atoms with Gasteiger partial charge in [-0.25, -0.2) is 0 Å². The van der Waals surface area contributed by atoms with Gasteiger partial charge >= 0.3 is 0 Å². The number of likely N-dealkylation sites (tertiary alicyclic amines) is 1. The fourth-order valence-electron chi connectivity index (χ4n) is 2.50. The molecule has 0 aromatic rings. The molecule has 1 aliphatic rings. The van der Waals surface area contributed by atoms with E-state index in [0.717, 1.165) is 39.1 Å². The van der Waals surface area contributed by atoms with Gasteiger partial charge in [0.15, 0.2) is 0 Å². The van der Waals surface area contributed by atoms with Crippen LogP contribution < -0.4 is 5.73 Å². The molecule has 0 aromatic carbocycles. The molecule has 1 fully saturated rings. The normalized spacial score (nSPS) is 22.6. The van der Waals surface area contributed by atoms with Gasteiger partial charge in [0.25, 0.3) is 0 Å². The number of methoxy groups -OCH3 is 1. The SMILES string of the molecule is COCC1CCN(CCCC(C)(C)C(N)=NO)C1. The molecular weight excluding hydrogens is 230 g/mol. The minimum atomic E-state index is -0.222. The smallest absolute Gasteiger partial charge is 0.144 e. The van der Waals surface area contributed by atoms with Crippen LogP contribution in [0, 0.1) is 11.3 Å².